The average Bonchev–Trinajstić information content (AvgIpc) is 2.65. The fraction of sp³-hybridized carbons (Fsp3) is 0.600. The molecule has 0 heterocycles. The third kappa shape index (κ3) is 10.2. The van der Waals surface area contributed by atoms with Crippen molar-refractivity contribution in [2.75, 3.05) is 12.9 Å². The van der Waals surface area contributed by atoms with Crippen molar-refractivity contribution in [3.05, 3.63) is 29.8 Å². The van der Waals surface area contributed by atoms with Crippen molar-refractivity contribution in [1.29, 1.82) is 0 Å². The highest BCUT2D eigenvalue weighted by Gasteiger charge is 1.99. The van der Waals surface area contributed by atoms with E-state index < -0.39 is 0 Å². The van der Waals surface area contributed by atoms with Crippen molar-refractivity contribution in [3.8, 4) is 5.75 Å². The minimum absolute atomic E-state index is 0.463. The fourth-order valence-electron chi connectivity index (χ4n) is 2.44. The predicted octanol–water partition coefficient (Wildman–Crippen LogP) is 5.61. The molecule has 0 radical (unpaired) electrons. The Morgan fingerprint density at radius 3 is 2.16 bits per heavy atom. The number of nitrogens with zero attached hydrogens (tertiary/aromatic N) is 2. The van der Waals surface area contributed by atoms with E-state index in [2.05, 4.69) is 17.1 Å². The Morgan fingerprint density at radius 2 is 1.56 bits per heavy atom. The topological polar surface area (TPSA) is 60.0 Å². The van der Waals surface area contributed by atoms with E-state index in [-0.39, 0.29) is 0 Å². The van der Waals surface area contributed by atoms with Gasteiger partial charge in [-0.3, -0.25) is 0 Å². The van der Waals surface area contributed by atoms with Crippen LogP contribution in [0.3, 0.4) is 0 Å². The molecule has 5 heteroatoms. The molecule has 0 saturated carbocycles. The van der Waals surface area contributed by atoms with Crippen molar-refractivity contribution >= 4 is 22.6 Å². The van der Waals surface area contributed by atoms with Gasteiger partial charge in [0, 0.05) is 0 Å². The molecule has 0 fully saturated rings. The first-order valence-electron chi connectivity index (χ1n) is 9.32. The van der Waals surface area contributed by atoms with E-state index in [1.54, 1.807) is 0 Å². The van der Waals surface area contributed by atoms with Gasteiger partial charge in [-0.2, -0.15) is 5.10 Å². The number of benzene rings is 1. The third-order valence-electron chi connectivity index (χ3n) is 4.05. The molecule has 4 nitrogen and oxygen atoms in total. The summed E-state index contributed by atoms with van der Waals surface area (Å²) in [6, 6.07) is 7.99. The highest BCUT2D eigenvalue weighted by atomic mass is 32.2. The first-order valence-corrected chi connectivity index (χ1v) is 10.5. The molecule has 0 saturated heterocycles. The molecule has 0 bridgehead atoms. The smallest absolute Gasteiger partial charge is 0.180 e. The Bertz CT molecular complexity index is 526. The maximum atomic E-state index is 5.81. The van der Waals surface area contributed by atoms with Crippen LogP contribution in [0.15, 0.2) is 34.5 Å². The highest BCUT2D eigenvalue weighted by Crippen LogP contribution is 2.14. The summed E-state index contributed by atoms with van der Waals surface area (Å²) in [6.45, 7) is 4.97. The van der Waals surface area contributed by atoms with Gasteiger partial charge >= 0.3 is 0 Å². The zero-order valence-electron chi connectivity index (χ0n) is 16.0. The Hall–Kier alpha value is -1.49. The van der Waals surface area contributed by atoms with E-state index in [0.717, 1.165) is 30.1 Å². The molecule has 0 aliphatic carbocycles. The second-order valence-corrected chi connectivity index (χ2v) is 7.00. The summed E-state index contributed by atoms with van der Waals surface area (Å²) in [7, 11) is 0. The number of hydrogen-bond donors (Lipinski definition) is 1. The Labute approximate surface area is 157 Å². The van der Waals surface area contributed by atoms with Crippen LogP contribution in [0, 0.1) is 0 Å². The largest absolute Gasteiger partial charge is 0.494 e. The summed E-state index contributed by atoms with van der Waals surface area (Å²) in [5.74, 6) is 0.909. The lowest BCUT2D eigenvalue weighted by atomic mass is 10.1. The molecular formula is C20H33N3OS. The van der Waals surface area contributed by atoms with Crippen LogP contribution >= 0.6 is 11.8 Å². The van der Waals surface area contributed by atoms with Crippen molar-refractivity contribution in [2.24, 2.45) is 15.9 Å². The van der Waals surface area contributed by atoms with Gasteiger partial charge in [-0.25, -0.2) is 0 Å². The van der Waals surface area contributed by atoms with Gasteiger partial charge < -0.3 is 10.5 Å². The average molecular weight is 364 g/mol. The highest BCUT2D eigenvalue weighted by molar-refractivity contribution is 8.13. The number of thioether (sulfide) groups is 1. The molecule has 140 valence electrons. The van der Waals surface area contributed by atoms with Gasteiger partial charge in [0.25, 0.3) is 0 Å². The minimum Gasteiger partial charge on any atom is -0.494 e. The van der Waals surface area contributed by atoms with Crippen LogP contribution in [0.2, 0.25) is 0 Å². The molecule has 0 aliphatic heterocycles. The summed E-state index contributed by atoms with van der Waals surface area (Å²) >= 11 is 1.38. The molecule has 1 rings (SSSR count). The number of unbranched alkanes of at least 4 members (excludes halogenated alkanes) is 7. The van der Waals surface area contributed by atoms with Crippen LogP contribution in [0.5, 0.6) is 5.75 Å². The summed E-state index contributed by atoms with van der Waals surface area (Å²) in [4.78, 5) is 0. The molecule has 0 atom stereocenters. The second-order valence-electron chi connectivity index (χ2n) is 6.18. The number of hydrogen-bond acceptors (Lipinski definition) is 4. The molecular weight excluding hydrogens is 330 g/mol. The minimum atomic E-state index is 0.463. The van der Waals surface area contributed by atoms with Gasteiger partial charge in [0.15, 0.2) is 5.17 Å². The standard InChI is InChI=1S/C20H33N3OS/c1-4-5-6-7-8-9-10-11-16-24-19-14-12-18(13-15-19)17(2)22-23-20(21)25-3/h12-15H,4-11,16H2,1-3H3,(H2,21,23)/b22-17+. The van der Waals surface area contributed by atoms with Crippen LogP contribution in [-0.2, 0) is 0 Å². The van der Waals surface area contributed by atoms with Crippen molar-refractivity contribution in [3.63, 3.8) is 0 Å². The molecule has 25 heavy (non-hydrogen) atoms. The van der Waals surface area contributed by atoms with Crippen molar-refractivity contribution in [2.45, 2.75) is 65.2 Å². The van der Waals surface area contributed by atoms with Gasteiger partial charge in [0.2, 0.25) is 0 Å². The van der Waals surface area contributed by atoms with Crippen molar-refractivity contribution < 1.29 is 4.74 Å². The van der Waals surface area contributed by atoms with E-state index in [9.17, 15) is 0 Å². The lowest BCUT2D eigenvalue weighted by molar-refractivity contribution is 0.304. The first-order chi connectivity index (χ1) is 12.2. The normalized spacial score (nSPS) is 12.4. The summed E-state index contributed by atoms with van der Waals surface area (Å²) in [6.07, 6.45) is 12.4. The van der Waals surface area contributed by atoms with E-state index in [0.29, 0.717) is 5.17 Å². The van der Waals surface area contributed by atoms with Crippen LogP contribution < -0.4 is 10.5 Å². The van der Waals surface area contributed by atoms with E-state index in [1.165, 1.54) is 56.7 Å². The Balaban J connectivity index is 2.24. The van der Waals surface area contributed by atoms with E-state index in [1.807, 2.05) is 37.4 Å². The predicted molar refractivity (Wildman–Crippen MR) is 112 cm³/mol. The molecule has 1 aromatic carbocycles. The molecule has 0 aliphatic rings. The summed E-state index contributed by atoms with van der Waals surface area (Å²) in [5, 5.41) is 8.55. The zero-order chi connectivity index (χ0) is 18.3. The second kappa shape index (κ2) is 13.8. The van der Waals surface area contributed by atoms with Crippen LogP contribution in [0.4, 0.5) is 0 Å². The molecule has 0 unspecified atom stereocenters. The molecule has 0 amide bonds. The van der Waals surface area contributed by atoms with Crippen LogP contribution in [0.1, 0.15) is 70.8 Å². The summed E-state index contributed by atoms with van der Waals surface area (Å²) in [5.41, 5.74) is 7.49. The maximum Gasteiger partial charge on any atom is 0.180 e. The lowest BCUT2D eigenvalue weighted by Crippen LogP contribution is -2.05. The number of ether oxygens (including phenoxy) is 1. The SMILES string of the molecule is CCCCCCCCCCOc1ccc(/C(C)=N/N=C(/N)SC)cc1. The fourth-order valence-corrected chi connectivity index (χ4v) is 2.56. The van der Waals surface area contributed by atoms with Gasteiger partial charge in [0.1, 0.15) is 5.75 Å². The van der Waals surface area contributed by atoms with Crippen LogP contribution in [-0.4, -0.2) is 23.7 Å². The first kappa shape index (κ1) is 21.6. The number of rotatable bonds is 12. The van der Waals surface area contributed by atoms with Gasteiger partial charge in [-0.1, -0.05) is 63.6 Å². The van der Waals surface area contributed by atoms with Crippen LogP contribution in [0.25, 0.3) is 0 Å². The zero-order valence-corrected chi connectivity index (χ0v) is 16.8. The Kier molecular flexibility index (Phi) is 11.9. The summed E-state index contributed by atoms with van der Waals surface area (Å²) < 4.78 is 5.81. The van der Waals surface area contributed by atoms with Gasteiger partial charge in [-0.05, 0) is 49.4 Å². The number of amidine groups is 1. The van der Waals surface area contributed by atoms with Gasteiger partial charge in [0.05, 0.1) is 12.3 Å². The van der Waals surface area contributed by atoms with Crippen molar-refractivity contribution in [1.82, 2.24) is 0 Å². The Morgan fingerprint density at radius 1 is 0.960 bits per heavy atom. The maximum absolute atomic E-state index is 5.81. The quantitative estimate of drug-likeness (QED) is 0.227. The van der Waals surface area contributed by atoms with E-state index in [4.69, 9.17) is 10.5 Å². The third-order valence-corrected chi connectivity index (χ3v) is 4.55. The lowest BCUT2D eigenvalue weighted by Gasteiger charge is -2.07. The van der Waals surface area contributed by atoms with Gasteiger partial charge in [-0.15, -0.1) is 5.10 Å². The van der Waals surface area contributed by atoms with E-state index >= 15 is 0 Å². The molecule has 1 aromatic rings. The molecule has 0 aromatic heterocycles. The molecule has 0 spiro atoms. The molecule has 2 N–H and O–H groups in total. The number of nitrogens with two attached hydrogens (primary N) is 1. The monoisotopic (exact) mass is 363 g/mol.